The molecule has 166 valence electrons. The summed E-state index contributed by atoms with van der Waals surface area (Å²) in [5.74, 6) is -2.97. The van der Waals surface area contributed by atoms with Gasteiger partial charge in [-0.25, -0.2) is 4.79 Å². The Morgan fingerprint density at radius 1 is 0.909 bits per heavy atom. The third-order valence-electron chi connectivity index (χ3n) is 5.46. The number of Topliss-reactive ketones (excluding diaryl/α,β-unsaturated/α-hetero) is 2. The average Bonchev–Trinajstić information content (AvgIpc) is 2.85. The van der Waals surface area contributed by atoms with Gasteiger partial charge in [-0.3, -0.25) is 9.59 Å². The maximum atomic E-state index is 13.7. The van der Waals surface area contributed by atoms with Gasteiger partial charge in [-0.15, -0.1) is 0 Å². The van der Waals surface area contributed by atoms with Crippen LogP contribution in [0.5, 0.6) is 0 Å². The summed E-state index contributed by atoms with van der Waals surface area (Å²) >= 11 is 3.36. The highest BCUT2D eigenvalue weighted by Gasteiger charge is 2.53. The molecule has 0 aliphatic carbocycles. The standard InChI is InChI=1S/C27H22BrNO4/c1-2-33-26(32)27(18-29,21-13-15-22(28)16-14-21)23(25(31)20-11-7-4-8-12-20)17-24(30)19-9-5-3-6-10-19/h3-16,23H,2,17H2,1H3. The number of benzene rings is 3. The summed E-state index contributed by atoms with van der Waals surface area (Å²) in [5.41, 5.74) is -1.00. The average molecular weight is 504 g/mol. The predicted octanol–water partition coefficient (Wildman–Crippen LogP) is 5.55. The van der Waals surface area contributed by atoms with Crippen molar-refractivity contribution in [1.29, 1.82) is 5.26 Å². The van der Waals surface area contributed by atoms with Crippen molar-refractivity contribution in [2.75, 3.05) is 6.61 Å². The zero-order valence-electron chi connectivity index (χ0n) is 18.0. The Labute approximate surface area is 201 Å². The summed E-state index contributed by atoms with van der Waals surface area (Å²) < 4.78 is 6.04. The molecule has 0 aromatic heterocycles. The molecular weight excluding hydrogens is 482 g/mol. The number of carbonyl (C=O) groups excluding carboxylic acids is 3. The van der Waals surface area contributed by atoms with E-state index in [0.717, 1.165) is 4.47 Å². The van der Waals surface area contributed by atoms with Gasteiger partial charge in [-0.2, -0.15) is 5.26 Å². The number of nitriles is 1. The summed E-state index contributed by atoms with van der Waals surface area (Å²) in [6.45, 7) is 1.66. The van der Waals surface area contributed by atoms with E-state index in [9.17, 15) is 19.6 Å². The number of ketones is 2. The number of hydrogen-bond donors (Lipinski definition) is 0. The minimum absolute atomic E-state index is 0.0255. The normalized spacial score (nSPS) is 13.2. The molecule has 5 nitrogen and oxygen atoms in total. The fraction of sp³-hybridized carbons (Fsp3) is 0.185. The molecule has 0 aliphatic rings. The first-order valence-corrected chi connectivity index (χ1v) is 11.2. The summed E-state index contributed by atoms with van der Waals surface area (Å²) in [7, 11) is 0. The molecule has 0 spiro atoms. The minimum atomic E-state index is -2.01. The van der Waals surface area contributed by atoms with Crippen LogP contribution in [0.1, 0.15) is 39.6 Å². The molecule has 0 bridgehead atoms. The zero-order valence-corrected chi connectivity index (χ0v) is 19.6. The SMILES string of the molecule is CCOC(=O)C(C#N)(c1ccc(Br)cc1)C(CC(=O)c1ccccc1)C(=O)c1ccccc1. The van der Waals surface area contributed by atoms with E-state index in [1.807, 2.05) is 0 Å². The summed E-state index contributed by atoms with van der Waals surface area (Å²) in [4.78, 5) is 40.3. The number of halogens is 1. The summed E-state index contributed by atoms with van der Waals surface area (Å²) in [6, 6.07) is 25.5. The maximum absolute atomic E-state index is 13.7. The number of esters is 1. The van der Waals surface area contributed by atoms with E-state index in [2.05, 4.69) is 22.0 Å². The fourth-order valence-electron chi connectivity index (χ4n) is 3.78. The van der Waals surface area contributed by atoms with Gasteiger partial charge in [-0.1, -0.05) is 88.7 Å². The quantitative estimate of drug-likeness (QED) is 0.282. The molecule has 0 N–H and O–H groups in total. The van der Waals surface area contributed by atoms with Crippen LogP contribution in [-0.2, 0) is 14.9 Å². The topological polar surface area (TPSA) is 84.2 Å². The van der Waals surface area contributed by atoms with Crippen LogP contribution in [0.2, 0.25) is 0 Å². The van der Waals surface area contributed by atoms with Crippen molar-refractivity contribution in [2.24, 2.45) is 5.92 Å². The van der Waals surface area contributed by atoms with Gasteiger partial charge in [0.25, 0.3) is 0 Å². The molecule has 2 unspecified atom stereocenters. The van der Waals surface area contributed by atoms with E-state index in [0.29, 0.717) is 16.7 Å². The van der Waals surface area contributed by atoms with Gasteiger partial charge >= 0.3 is 5.97 Å². The van der Waals surface area contributed by atoms with Crippen LogP contribution in [0.4, 0.5) is 0 Å². The van der Waals surface area contributed by atoms with Crippen molar-refractivity contribution in [3.8, 4) is 6.07 Å². The Morgan fingerprint density at radius 3 is 1.97 bits per heavy atom. The van der Waals surface area contributed by atoms with Crippen molar-refractivity contribution >= 4 is 33.5 Å². The van der Waals surface area contributed by atoms with Gasteiger partial charge in [0, 0.05) is 22.0 Å². The van der Waals surface area contributed by atoms with Gasteiger partial charge < -0.3 is 4.74 Å². The minimum Gasteiger partial charge on any atom is -0.465 e. The second-order valence-electron chi connectivity index (χ2n) is 7.42. The number of hydrogen-bond acceptors (Lipinski definition) is 5. The molecule has 0 saturated heterocycles. The number of carbonyl (C=O) groups is 3. The Hall–Kier alpha value is -3.56. The van der Waals surface area contributed by atoms with E-state index in [-0.39, 0.29) is 18.8 Å². The lowest BCUT2D eigenvalue weighted by molar-refractivity contribution is -0.149. The first kappa shape index (κ1) is 24.1. The van der Waals surface area contributed by atoms with Crippen LogP contribution in [0.25, 0.3) is 0 Å². The van der Waals surface area contributed by atoms with Crippen LogP contribution < -0.4 is 0 Å². The molecule has 3 aromatic carbocycles. The monoisotopic (exact) mass is 503 g/mol. The molecule has 0 radical (unpaired) electrons. The Balaban J connectivity index is 2.21. The number of ether oxygens (including phenoxy) is 1. The van der Waals surface area contributed by atoms with Crippen molar-refractivity contribution in [2.45, 2.75) is 18.8 Å². The van der Waals surface area contributed by atoms with Crippen LogP contribution >= 0.6 is 15.9 Å². The zero-order chi connectivity index (χ0) is 23.8. The molecule has 3 rings (SSSR count). The van der Waals surface area contributed by atoms with E-state index in [4.69, 9.17) is 4.74 Å². The van der Waals surface area contributed by atoms with Crippen molar-refractivity contribution in [3.05, 3.63) is 106 Å². The first-order valence-electron chi connectivity index (χ1n) is 10.5. The van der Waals surface area contributed by atoms with Crippen LogP contribution in [0, 0.1) is 17.2 Å². The predicted molar refractivity (Wildman–Crippen MR) is 128 cm³/mol. The second-order valence-corrected chi connectivity index (χ2v) is 8.34. The number of nitrogens with zero attached hydrogens (tertiary/aromatic N) is 1. The van der Waals surface area contributed by atoms with E-state index in [1.54, 1.807) is 91.9 Å². The van der Waals surface area contributed by atoms with E-state index >= 15 is 0 Å². The highest BCUT2D eigenvalue weighted by molar-refractivity contribution is 9.10. The molecule has 0 aliphatic heterocycles. The molecule has 2 atom stereocenters. The smallest absolute Gasteiger partial charge is 0.331 e. The molecule has 0 heterocycles. The van der Waals surface area contributed by atoms with Crippen LogP contribution in [0.15, 0.2) is 89.4 Å². The Bertz CT molecular complexity index is 1170. The van der Waals surface area contributed by atoms with Crippen molar-refractivity contribution in [3.63, 3.8) is 0 Å². The fourth-order valence-corrected chi connectivity index (χ4v) is 4.04. The largest absolute Gasteiger partial charge is 0.465 e. The lowest BCUT2D eigenvalue weighted by Crippen LogP contribution is -2.47. The Morgan fingerprint density at radius 2 is 1.45 bits per heavy atom. The summed E-state index contributed by atoms with van der Waals surface area (Å²) in [6.07, 6.45) is -0.333. The van der Waals surface area contributed by atoms with Crippen molar-refractivity contribution in [1.82, 2.24) is 0 Å². The second kappa shape index (κ2) is 10.8. The van der Waals surface area contributed by atoms with Gasteiger partial charge in [-0.05, 0) is 24.6 Å². The Kier molecular flexibility index (Phi) is 7.92. The maximum Gasteiger partial charge on any atom is 0.331 e. The molecule has 0 amide bonds. The van der Waals surface area contributed by atoms with Gasteiger partial charge in [0.1, 0.15) is 0 Å². The van der Waals surface area contributed by atoms with Crippen LogP contribution in [0.3, 0.4) is 0 Å². The highest BCUT2D eigenvalue weighted by atomic mass is 79.9. The van der Waals surface area contributed by atoms with Gasteiger partial charge in [0.2, 0.25) is 0 Å². The molecular formula is C27H22BrNO4. The molecule has 33 heavy (non-hydrogen) atoms. The molecule has 6 heteroatoms. The van der Waals surface area contributed by atoms with Gasteiger partial charge in [0.05, 0.1) is 18.6 Å². The van der Waals surface area contributed by atoms with Crippen LogP contribution in [-0.4, -0.2) is 24.1 Å². The molecule has 0 saturated carbocycles. The van der Waals surface area contributed by atoms with E-state index < -0.39 is 23.1 Å². The molecule has 3 aromatic rings. The van der Waals surface area contributed by atoms with Gasteiger partial charge in [0.15, 0.2) is 17.0 Å². The third kappa shape index (κ3) is 5.10. The third-order valence-corrected chi connectivity index (χ3v) is 5.98. The lowest BCUT2D eigenvalue weighted by Gasteiger charge is -2.32. The van der Waals surface area contributed by atoms with Crippen molar-refractivity contribution < 1.29 is 19.1 Å². The first-order chi connectivity index (χ1) is 15.9. The highest BCUT2D eigenvalue weighted by Crippen LogP contribution is 2.39. The number of rotatable bonds is 9. The van der Waals surface area contributed by atoms with E-state index in [1.165, 1.54) is 0 Å². The summed E-state index contributed by atoms with van der Waals surface area (Å²) in [5, 5.41) is 10.4. The molecule has 0 fully saturated rings. The lowest BCUT2D eigenvalue weighted by atomic mass is 9.66.